The van der Waals surface area contributed by atoms with Crippen molar-refractivity contribution in [2.45, 2.75) is 18.5 Å². The fourth-order valence-corrected chi connectivity index (χ4v) is 3.85. The molecular weight excluding hydrogens is 404 g/mol. The number of nitrogens with one attached hydrogen (secondary N) is 1. The van der Waals surface area contributed by atoms with Crippen molar-refractivity contribution in [1.29, 1.82) is 0 Å². The summed E-state index contributed by atoms with van der Waals surface area (Å²) < 4.78 is 0. The zero-order valence-corrected chi connectivity index (χ0v) is 18.0. The van der Waals surface area contributed by atoms with Crippen LogP contribution in [0.3, 0.4) is 0 Å². The molecule has 4 rings (SSSR count). The Morgan fingerprint density at radius 1 is 0.806 bits per heavy atom. The molecule has 0 radical (unpaired) electrons. The summed E-state index contributed by atoms with van der Waals surface area (Å²) >= 11 is 1.43. The van der Waals surface area contributed by atoms with E-state index in [1.165, 1.54) is 11.8 Å². The lowest BCUT2D eigenvalue weighted by Gasteiger charge is -2.10. The molecule has 31 heavy (non-hydrogen) atoms. The van der Waals surface area contributed by atoms with Crippen LogP contribution < -0.4 is 5.32 Å². The maximum atomic E-state index is 12.3. The van der Waals surface area contributed by atoms with Gasteiger partial charge >= 0.3 is 0 Å². The summed E-state index contributed by atoms with van der Waals surface area (Å²) in [6.45, 7) is 1.98. The Morgan fingerprint density at radius 3 is 2.10 bits per heavy atom. The van der Waals surface area contributed by atoms with Gasteiger partial charge in [-0.2, -0.15) is 0 Å². The van der Waals surface area contributed by atoms with Crippen molar-refractivity contribution >= 4 is 23.4 Å². The van der Waals surface area contributed by atoms with E-state index >= 15 is 0 Å². The largest absolute Gasteiger partial charge is 0.326 e. The van der Waals surface area contributed by atoms with Gasteiger partial charge in [0.25, 0.3) is 0 Å². The number of amides is 1. The smallest absolute Gasteiger partial charge is 0.225 e. The Morgan fingerprint density at radius 2 is 1.42 bits per heavy atom. The Kier molecular flexibility index (Phi) is 6.69. The van der Waals surface area contributed by atoms with Gasteiger partial charge in [0.1, 0.15) is 11.4 Å². The van der Waals surface area contributed by atoms with Crippen LogP contribution in [0.1, 0.15) is 12.0 Å². The number of benzene rings is 3. The first kappa shape index (κ1) is 20.8. The lowest BCUT2D eigenvalue weighted by Crippen LogP contribution is -2.13. The number of carbonyl (C=O) groups excluding carboxylic acids is 1. The van der Waals surface area contributed by atoms with E-state index in [9.17, 15) is 4.79 Å². The Labute approximate surface area is 186 Å². The number of nitrogens with zero attached hydrogens (tertiary/aromatic N) is 3. The van der Waals surface area contributed by atoms with E-state index in [1.807, 2.05) is 91.9 Å². The first-order valence-electron chi connectivity index (χ1n) is 10.0. The predicted octanol–water partition coefficient (Wildman–Crippen LogP) is 5.63. The van der Waals surface area contributed by atoms with Crippen LogP contribution in [0.4, 0.5) is 5.69 Å². The van der Waals surface area contributed by atoms with Gasteiger partial charge in [0, 0.05) is 29.0 Å². The van der Waals surface area contributed by atoms with Crippen molar-refractivity contribution in [1.82, 2.24) is 15.2 Å². The molecule has 0 unspecified atom stereocenters. The molecule has 3 aromatic carbocycles. The third-order valence-corrected chi connectivity index (χ3v) is 5.58. The van der Waals surface area contributed by atoms with Crippen molar-refractivity contribution < 1.29 is 4.79 Å². The van der Waals surface area contributed by atoms with Crippen LogP contribution in [-0.2, 0) is 4.79 Å². The molecule has 0 fully saturated rings. The van der Waals surface area contributed by atoms with E-state index in [4.69, 9.17) is 4.98 Å². The van der Waals surface area contributed by atoms with Gasteiger partial charge in [-0.3, -0.25) is 4.79 Å². The maximum absolute atomic E-state index is 12.3. The molecule has 0 bridgehead atoms. The van der Waals surface area contributed by atoms with E-state index in [2.05, 4.69) is 15.5 Å². The first-order valence-corrected chi connectivity index (χ1v) is 11.0. The van der Waals surface area contributed by atoms with E-state index in [0.29, 0.717) is 17.3 Å². The van der Waals surface area contributed by atoms with E-state index in [1.54, 1.807) is 0 Å². The van der Waals surface area contributed by atoms with Gasteiger partial charge in [-0.05, 0) is 18.6 Å². The van der Waals surface area contributed by atoms with Crippen LogP contribution >= 0.6 is 11.8 Å². The normalized spacial score (nSPS) is 10.6. The zero-order valence-electron chi connectivity index (χ0n) is 17.2. The number of rotatable bonds is 7. The van der Waals surface area contributed by atoms with Crippen molar-refractivity contribution in [3.05, 3.63) is 90.5 Å². The topological polar surface area (TPSA) is 67.8 Å². The molecule has 5 nitrogen and oxygen atoms in total. The molecule has 1 N–H and O–H groups in total. The molecule has 154 valence electrons. The van der Waals surface area contributed by atoms with Crippen molar-refractivity contribution in [3.63, 3.8) is 0 Å². The van der Waals surface area contributed by atoms with Crippen LogP contribution in [0, 0.1) is 6.92 Å². The van der Waals surface area contributed by atoms with Crippen LogP contribution in [0.5, 0.6) is 0 Å². The van der Waals surface area contributed by atoms with Gasteiger partial charge in [0.05, 0.1) is 0 Å². The number of hydrogen-bond acceptors (Lipinski definition) is 5. The summed E-state index contributed by atoms with van der Waals surface area (Å²) in [7, 11) is 0. The summed E-state index contributed by atoms with van der Waals surface area (Å²) in [5, 5.41) is 12.3. The number of aromatic nitrogens is 3. The van der Waals surface area contributed by atoms with Crippen LogP contribution in [0.25, 0.3) is 22.5 Å². The van der Waals surface area contributed by atoms with E-state index in [-0.39, 0.29) is 5.91 Å². The highest BCUT2D eigenvalue weighted by Gasteiger charge is 2.14. The van der Waals surface area contributed by atoms with E-state index in [0.717, 1.165) is 33.8 Å². The van der Waals surface area contributed by atoms with Crippen molar-refractivity contribution in [3.8, 4) is 22.5 Å². The molecule has 0 aliphatic carbocycles. The lowest BCUT2D eigenvalue weighted by molar-refractivity contribution is -0.115. The Balaban J connectivity index is 1.48. The second-order valence-electron chi connectivity index (χ2n) is 6.99. The summed E-state index contributed by atoms with van der Waals surface area (Å²) in [5.74, 6) is 0.539. The third kappa shape index (κ3) is 5.35. The fraction of sp³-hybridized carbons (Fsp3) is 0.120. The number of anilines is 1. The highest BCUT2D eigenvalue weighted by Crippen LogP contribution is 2.29. The van der Waals surface area contributed by atoms with Gasteiger partial charge in [-0.1, -0.05) is 90.6 Å². The first-order chi connectivity index (χ1) is 15.2. The Hall–Kier alpha value is -3.51. The SMILES string of the molecule is Cc1ccccc1NC(=O)CCSc1nnc(-c2ccccc2)c(-c2ccccc2)n1. The molecule has 0 atom stereocenters. The average molecular weight is 427 g/mol. The minimum Gasteiger partial charge on any atom is -0.326 e. The van der Waals surface area contributed by atoms with Gasteiger partial charge in [-0.15, -0.1) is 10.2 Å². The van der Waals surface area contributed by atoms with Gasteiger partial charge in [0.2, 0.25) is 11.1 Å². The second-order valence-corrected chi connectivity index (χ2v) is 8.05. The zero-order chi connectivity index (χ0) is 21.5. The van der Waals surface area contributed by atoms with Crippen molar-refractivity contribution in [2.24, 2.45) is 0 Å². The molecule has 1 aromatic heterocycles. The summed E-state index contributed by atoms with van der Waals surface area (Å²) in [5.41, 5.74) is 5.36. The van der Waals surface area contributed by atoms with Crippen LogP contribution in [0.15, 0.2) is 90.1 Å². The van der Waals surface area contributed by atoms with Crippen LogP contribution in [0.2, 0.25) is 0 Å². The number of aryl methyl sites for hydroxylation is 1. The molecule has 1 heterocycles. The third-order valence-electron chi connectivity index (χ3n) is 4.74. The maximum Gasteiger partial charge on any atom is 0.225 e. The molecule has 0 aliphatic rings. The quantitative estimate of drug-likeness (QED) is 0.388. The number of carbonyl (C=O) groups is 1. The average Bonchev–Trinajstić information content (AvgIpc) is 2.82. The second kappa shape index (κ2) is 10.00. The van der Waals surface area contributed by atoms with Gasteiger partial charge in [-0.25, -0.2) is 4.98 Å². The molecule has 0 spiro atoms. The van der Waals surface area contributed by atoms with Gasteiger partial charge < -0.3 is 5.32 Å². The summed E-state index contributed by atoms with van der Waals surface area (Å²) in [6.07, 6.45) is 0.365. The molecule has 6 heteroatoms. The Bertz CT molecular complexity index is 1170. The highest BCUT2D eigenvalue weighted by atomic mass is 32.2. The fourth-order valence-electron chi connectivity index (χ4n) is 3.12. The van der Waals surface area contributed by atoms with E-state index < -0.39 is 0 Å². The molecular formula is C25H22N4OS. The summed E-state index contributed by atoms with van der Waals surface area (Å²) in [4.78, 5) is 17.1. The van der Waals surface area contributed by atoms with Crippen LogP contribution in [-0.4, -0.2) is 26.8 Å². The molecule has 1 amide bonds. The minimum atomic E-state index is -0.0288. The summed E-state index contributed by atoms with van der Waals surface area (Å²) in [6, 6.07) is 27.6. The van der Waals surface area contributed by atoms with Crippen molar-refractivity contribution in [2.75, 3.05) is 11.1 Å². The number of hydrogen-bond donors (Lipinski definition) is 1. The number of thioether (sulfide) groups is 1. The molecule has 0 saturated heterocycles. The highest BCUT2D eigenvalue weighted by molar-refractivity contribution is 7.99. The minimum absolute atomic E-state index is 0.0288. The number of para-hydroxylation sites is 1. The predicted molar refractivity (Wildman–Crippen MR) is 126 cm³/mol. The standard InChI is InChI=1S/C25H22N4OS/c1-18-10-8-9-15-21(18)26-22(30)16-17-31-25-27-23(19-11-4-2-5-12-19)24(28-29-25)20-13-6-3-7-14-20/h2-15H,16-17H2,1H3,(H,26,30). The monoisotopic (exact) mass is 426 g/mol. The van der Waals surface area contributed by atoms with Gasteiger partial charge in [0.15, 0.2) is 0 Å². The molecule has 4 aromatic rings. The lowest BCUT2D eigenvalue weighted by atomic mass is 10.0. The molecule has 0 saturated carbocycles. The molecule has 0 aliphatic heterocycles.